The van der Waals surface area contributed by atoms with E-state index in [1.165, 1.54) is 25.7 Å². The zero-order valence-electron chi connectivity index (χ0n) is 18.3. The van der Waals surface area contributed by atoms with Crippen LogP contribution in [0, 0.1) is 28.6 Å². The van der Waals surface area contributed by atoms with Crippen molar-refractivity contribution >= 4 is 11.7 Å². The second-order valence-electron chi connectivity index (χ2n) is 11.1. The quantitative estimate of drug-likeness (QED) is 0.728. The fourth-order valence-electron chi connectivity index (χ4n) is 7.92. The van der Waals surface area contributed by atoms with Gasteiger partial charge in [0.2, 0.25) is 5.91 Å². The topological polar surface area (TPSA) is 49.4 Å². The third-order valence-electron chi connectivity index (χ3n) is 9.81. The molecule has 0 aromatic rings. The maximum atomic E-state index is 12.6. The molecule has 6 atom stereocenters. The lowest BCUT2D eigenvalue weighted by molar-refractivity contribution is -0.132. The van der Waals surface area contributed by atoms with Gasteiger partial charge in [0.1, 0.15) is 5.78 Å². The molecule has 29 heavy (non-hydrogen) atoms. The highest BCUT2D eigenvalue weighted by Crippen LogP contribution is 2.63. The molecule has 3 saturated carbocycles. The molecule has 0 spiro atoms. The minimum absolute atomic E-state index is 0.0302. The molecule has 0 aromatic carbocycles. The first-order valence-electron chi connectivity index (χ1n) is 12.2. The van der Waals surface area contributed by atoms with Crippen molar-refractivity contribution < 1.29 is 9.59 Å². The summed E-state index contributed by atoms with van der Waals surface area (Å²) in [5.41, 5.74) is 1.92. The Balaban J connectivity index is 1.25. The zero-order valence-corrected chi connectivity index (χ0v) is 18.3. The number of carbonyl (C=O) groups excluding carboxylic acids is 2. The van der Waals surface area contributed by atoms with E-state index in [0.29, 0.717) is 35.6 Å². The predicted octanol–water partition coefficient (Wildman–Crippen LogP) is 4.10. The molecule has 4 nitrogen and oxygen atoms in total. The maximum Gasteiger partial charge on any atom is 0.236 e. The standard InChI is InChI=1S/C25H38N2O2/c1-24-11-9-18(26-16-23(29)27-13-3-4-14-27)15-17(24)5-6-19-20-7-8-22(28)25(20,2)12-10-21(19)24/h5,18-21,26H,3-4,6-16H2,1-2H3. The number of hydrogen-bond acceptors (Lipinski definition) is 3. The first-order chi connectivity index (χ1) is 13.9. The van der Waals surface area contributed by atoms with Gasteiger partial charge in [-0.1, -0.05) is 25.5 Å². The largest absolute Gasteiger partial charge is 0.342 e. The number of hydrogen-bond donors (Lipinski definition) is 1. The van der Waals surface area contributed by atoms with Crippen molar-refractivity contribution in [1.29, 1.82) is 0 Å². The van der Waals surface area contributed by atoms with E-state index in [9.17, 15) is 9.59 Å². The highest BCUT2D eigenvalue weighted by molar-refractivity contribution is 5.87. The van der Waals surface area contributed by atoms with E-state index < -0.39 is 0 Å². The van der Waals surface area contributed by atoms with Crippen LogP contribution < -0.4 is 5.32 Å². The summed E-state index contributed by atoms with van der Waals surface area (Å²) in [6.07, 6.45) is 13.8. The highest BCUT2D eigenvalue weighted by atomic mass is 16.2. The molecule has 5 aliphatic rings. The molecule has 5 rings (SSSR count). The number of nitrogens with one attached hydrogen (secondary N) is 1. The molecule has 1 heterocycles. The van der Waals surface area contributed by atoms with Gasteiger partial charge in [-0.15, -0.1) is 0 Å². The SMILES string of the molecule is CC12CCC3C(CC=C4CC(NCC(=O)N5CCCC5)CCC43C)C1CCC2=O. The van der Waals surface area contributed by atoms with Gasteiger partial charge in [-0.2, -0.15) is 0 Å². The van der Waals surface area contributed by atoms with E-state index in [0.717, 1.165) is 57.5 Å². The smallest absolute Gasteiger partial charge is 0.236 e. The summed E-state index contributed by atoms with van der Waals surface area (Å²) >= 11 is 0. The molecule has 1 N–H and O–H groups in total. The molecule has 1 saturated heterocycles. The monoisotopic (exact) mass is 398 g/mol. The number of allylic oxidation sites excluding steroid dienone is 1. The lowest BCUT2D eigenvalue weighted by atomic mass is 9.48. The molecule has 4 aliphatic carbocycles. The van der Waals surface area contributed by atoms with Crippen LogP contribution in [0.2, 0.25) is 0 Å². The van der Waals surface area contributed by atoms with E-state index in [-0.39, 0.29) is 11.3 Å². The van der Waals surface area contributed by atoms with Crippen LogP contribution in [0.3, 0.4) is 0 Å². The van der Waals surface area contributed by atoms with Gasteiger partial charge in [-0.05, 0) is 81.0 Å². The predicted molar refractivity (Wildman–Crippen MR) is 114 cm³/mol. The Hall–Kier alpha value is -1.16. The fourth-order valence-corrected chi connectivity index (χ4v) is 7.92. The Morgan fingerprint density at radius 1 is 1.10 bits per heavy atom. The first-order valence-corrected chi connectivity index (χ1v) is 12.2. The lowest BCUT2D eigenvalue weighted by Crippen LogP contribution is -2.52. The van der Waals surface area contributed by atoms with E-state index in [4.69, 9.17) is 0 Å². The molecule has 4 fully saturated rings. The van der Waals surface area contributed by atoms with Crippen LogP contribution in [-0.2, 0) is 9.59 Å². The molecule has 0 radical (unpaired) electrons. The van der Waals surface area contributed by atoms with Crippen LogP contribution in [0.4, 0.5) is 0 Å². The number of likely N-dealkylation sites (tertiary alicyclic amines) is 1. The number of fused-ring (bicyclic) bond motifs is 5. The molecule has 0 aromatic heterocycles. The van der Waals surface area contributed by atoms with E-state index in [1.807, 2.05) is 4.90 Å². The van der Waals surface area contributed by atoms with Gasteiger partial charge in [0.25, 0.3) is 0 Å². The Morgan fingerprint density at radius 2 is 1.83 bits per heavy atom. The van der Waals surface area contributed by atoms with Crippen molar-refractivity contribution in [1.82, 2.24) is 10.2 Å². The van der Waals surface area contributed by atoms with Gasteiger partial charge >= 0.3 is 0 Å². The first kappa shape index (κ1) is 19.8. The summed E-state index contributed by atoms with van der Waals surface area (Å²) in [6, 6.07) is 0.444. The normalized spacial score (nSPS) is 44.1. The van der Waals surface area contributed by atoms with Crippen molar-refractivity contribution in [2.75, 3.05) is 19.6 Å². The number of Topliss-reactive ketones (excluding diaryl/α,β-unsaturated/α-hetero) is 1. The summed E-state index contributed by atoms with van der Waals surface area (Å²) in [7, 11) is 0. The van der Waals surface area contributed by atoms with E-state index in [2.05, 4.69) is 25.2 Å². The second-order valence-corrected chi connectivity index (χ2v) is 11.1. The van der Waals surface area contributed by atoms with Gasteiger partial charge < -0.3 is 10.2 Å². The molecular formula is C25H38N2O2. The average molecular weight is 399 g/mol. The Labute approximate surface area is 175 Å². The number of nitrogens with zero attached hydrogens (tertiary/aromatic N) is 1. The van der Waals surface area contributed by atoms with Crippen molar-refractivity contribution in [3.05, 3.63) is 11.6 Å². The van der Waals surface area contributed by atoms with Crippen LogP contribution in [0.15, 0.2) is 11.6 Å². The molecule has 0 bridgehead atoms. The highest BCUT2D eigenvalue weighted by Gasteiger charge is 2.58. The average Bonchev–Trinajstić information content (AvgIpc) is 3.35. The number of amides is 1. The Morgan fingerprint density at radius 3 is 2.62 bits per heavy atom. The molecule has 6 unspecified atom stereocenters. The molecule has 1 aliphatic heterocycles. The van der Waals surface area contributed by atoms with Gasteiger partial charge in [0, 0.05) is 31.0 Å². The van der Waals surface area contributed by atoms with Crippen molar-refractivity contribution in [3.8, 4) is 0 Å². The third-order valence-corrected chi connectivity index (χ3v) is 9.81. The third kappa shape index (κ3) is 3.12. The van der Waals surface area contributed by atoms with E-state index >= 15 is 0 Å². The molecule has 4 heteroatoms. The summed E-state index contributed by atoms with van der Waals surface area (Å²) in [4.78, 5) is 27.0. The molecule has 160 valence electrons. The minimum Gasteiger partial charge on any atom is -0.342 e. The Kier molecular flexibility index (Phi) is 4.92. The van der Waals surface area contributed by atoms with Gasteiger partial charge in [0.05, 0.1) is 6.54 Å². The Bertz CT molecular complexity index is 724. The lowest BCUT2D eigenvalue weighted by Gasteiger charge is -2.57. The van der Waals surface area contributed by atoms with Crippen LogP contribution in [0.5, 0.6) is 0 Å². The second kappa shape index (κ2) is 7.21. The van der Waals surface area contributed by atoms with Gasteiger partial charge in [0.15, 0.2) is 0 Å². The van der Waals surface area contributed by atoms with Crippen LogP contribution in [-0.4, -0.2) is 42.3 Å². The van der Waals surface area contributed by atoms with Crippen LogP contribution in [0.1, 0.15) is 78.1 Å². The number of ketones is 1. The van der Waals surface area contributed by atoms with Gasteiger partial charge in [-0.3, -0.25) is 9.59 Å². The molecule has 1 amide bonds. The number of carbonyl (C=O) groups is 2. The summed E-state index contributed by atoms with van der Waals surface area (Å²) < 4.78 is 0. The number of rotatable bonds is 3. The minimum atomic E-state index is -0.0302. The van der Waals surface area contributed by atoms with E-state index in [1.54, 1.807) is 5.57 Å². The van der Waals surface area contributed by atoms with Crippen LogP contribution >= 0.6 is 0 Å². The summed E-state index contributed by atoms with van der Waals surface area (Å²) in [5.74, 6) is 2.88. The van der Waals surface area contributed by atoms with Crippen molar-refractivity contribution in [2.24, 2.45) is 28.6 Å². The van der Waals surface area contributed by atoms with Crippen LogP contribution in [0.25, 0.3) is 0 Å². The zero-order chi connectivity index (χ0) is 20.2. The summed E-state index contributed by atoms with van der Waals surface area (Å²) in [5, 5.41) is 3.59. The van der Waals surface area contributed by atoms with Gasteiger partial charge in [-0.25, -0.2) is 0 Å². The summed E-state index contributed by atoms with van der Waals surface area (Å²) in [6.45, 7) is 7.17. The van der Waals surface area contributed by atoms with Crippen molar-refractivity contribution in [3.63, 3.8) is 0 Å². The van der Waals surface area contributed by atoms with Crippen molar-refractivity contribution in [2.45, 2.75) is 84.1 Å². The molecular weight excluding hydrogens is 360 g/mol. The fraction of sp³-hybridized carbons (Fsp3) is 0.840. The maximum absolute atomic E-state index is 12.6.